The van der Waals surface area contributed by atoms with E-state index in [1.54, 1.807) is 0 Å². The molecule has 2 aromatic carbocycles. The van der Waals surface area contributed by atoms with Crippen LogP contribution in [0.3, 0.4) is 0 Å². The van der Waals surface area contributed by atoms with E-state index in [9.17, 15) is 0 Å². The minimum atomic E-state index is 0.981. The zero-order valence-corrected chi connectivity index (χ0v) is 15.9. The van der Waals surface area contributed by atoms with Crippen LogP contribution in [0.4, 0.5) is 11.4 Å². The Morgan fingerprint density at radius 2 is 1.23 bits per heavy atom. The van der Waals surface area contributed by atoms with Crippen molar-refractivity contribution in [2.75, 3.05) is 36.0 Å². The Balaban J connectivity index is 1.27. The molecule has 26 heavy (non-hydrogen) atoms. The van der Waals surface area contributed by atoms with E-state index in [1.165, 1.54) is 61.9 Å². The molecule has 2 fully saturated rings. The first-order valence-corrected chi connectivity index (χ1v) is 10.5. The van der Waals surface area contributed by atoms with Crippen molar-refractivity contribution >= 4 is 11.4 Å². The molecule has 1 aliphatic heterocycles. The van der Waals surface area contributed by atoms with E-state index in [2.05, 4.69) is 64.4 Å². The normalized spacial score (nSPS) is 18.9. The van der Waals surface area contributed by atoms with Gasteiger partial charge in [-0.1, -0.05) is 62.4 Å². The molecular weight excluding hydrogens is 316 g/mol. The average Bonchev–Trinajstić information content (AvgIpc) is 2.74. The van der Waals surface area contributed by atoms with Gasteiger partial charge in [0.25, 0.3) is 0 Å². The van der Waals surface area contributed by atoms with E-state index in [0.717, 1.165) is 32.1 Å². The van der Waals surface area contributed by atoms with E-state index in [-0.39, 0.29) is 0 Å². The summed E-state index contributed by atoms with van der Waals surface area (Å²) in [5, 5.41) is 0. The number of aryl methyl sites for hydroxylation is 1. The Bertz CT molecular complexity index is 650. The molecule has 0 aromatic heterocycles. The molecule has 138 valence electrons. The topological polar surface area (TPSA) is 6.48 Å². The number of hydrogen-bond acceptors (Lipinski definition) is 2. The van der Waals surface area contributed by atoms with Gasteiger partial charge in [0, 0.05) is 37.6 Å². The fraction of sp³-hybridized carbons (Fsp3) is 0.500. The van der Waals surface area contributed by atoms with Crippen LogP contribution in [0, 0.1) is 5.92 Å². The summed E-state index contributed by atoms with van der Waals surface area (Å²) in [4.78, 5) is 5.03. The lowest BCUT2D eigenvalue weighted by Gasteiger charge is -2.37. The SMILES string of the molecule is c1ccc(N2CCN(c3ccc(CCC4CCCCC4)cc3)CC2)cc1. The number of benzene rings is 2. The number of nitrogens with zero attached hydrogens (tertiary/aromatic N) is 2. The van der Waals surface area contributed by atoms with Gasteiger partial charge in [-0.05, 0) is 48.6 Å². The van der Waals surface area contributed by atoms with E-state index in [4.69, 9.17) is 0 Å². The molecule has 4 rings (SSSR count). The van der Waals surface area contributed by atoms with Gasteiger partial charge in [-0.25, -0.2) is 0 Å². The van der Waals surface area contributed by atoms with Gasteiger partial charge >= 0.3 is 0 Å². The third-order valence-corrected chi connectivity index (χ3v) is 6.27. The second kappa shape index (κ2) is 8.62. The van der Waals surface area contributed by atoms with Gasteiger partial charge in [0.15, 0.2) is 0 Å². The second-order valence-corrected chi connectivity index (χ2v) is 8.02. The van der Waals surface area contributed by atoms with Gasteiger partial charge in [-0.2, -0.15) is 0 Å². The van der Waals surface area contributed by atoms with E-state index in [0.29, 0.717) is 0 Å². The van der Waals surface area contributed by atoms with Crippen LogP contribution in [0.2, 0.25) is 0 Å². The van der Waals surface area contributed by atoms with Crippen molar-refractivity contribution in [2.24, 2.45) is 5.92 Å². The summed E-state index contributed by atoms with van der Waals surface area (Å²) in [6, 6.07) is 20.2. The lowest BCUT2D eigenvalue weighted by Crippen LogP contribution is -2.46. The van der Waals surface area contributed by atoms with Crippen molar-refractivity contribution in [1.29, 1.82) is 0 Å². The number of hydrogen-bond donors (Lipinski definition) is 0. The average molecular weight is 349 g/mol. The molecule has 0 atom stereocenters. The molecule has 2 aliphatic rings. The summed E-state index contributed by atoms with van der Waals surface area (Å²) in [7, 11) is 0. The summed E-state index contributed by atoms with van der Waals surface area (Å²) in [5.74, 6) is 0.981. The highest BCUT2D eigenvalue weighted by atomic mass is 15.3. The van der Waals surface area contributed by atoms with Gasteiger partial charge in [0.1, 0.15) is 0 Å². The molecule has 0 N–H and O–H groups in total. The number of piperazine rings is 1. The smallest absolute Gasteiger partial charge is 0.0367 e. The molecule has 1 heterocycles. The maximum Gasteiger partial charge on any atom is 0.0367 e. The predicted molar refractivity (Wildman–Crippen MR) is 112 cm³/mol. The Kier molecular flexibility index (Phi) is 5.78. The third-order valence-electron chi connectivity index (χ3n) is 6.27. The molecular formula is C24H32N2. The number of rotatable bonds is 5. The summed E-state index contributed by atoms with van der Waals surface area (Å²) in [6.45, 7) is 4.42. The number of anilines is 2. The molecule has 0 spiro atoms. The highest BCUT2D eigenvalue weighted by molar-refractivity contribution is 5.52. The van der Waals surface area contributed by atoms with Gasteiger partial charge < -0.3 is 9.80 Å². The zero-order chi connectivity index (χ0) is 17.6. The molecule has 0 amide bonds. The van der Waals surface area contributed by atoms with Crippen LogP contribution in [0.5, 0.6) is 0 Å². The maximum absolute atomic E-state index is 2.53. The Morgan fingerprint density at radius 3 is 1.85 bits per heavy atom. The Hall–Kier alpha value is -1.96. The van der Waals surface area contributed by atoms with Gasteiger partial charge in [0.05, 0.1) is 0 Å². The minimum Gasteiger partial charge on any atom is -0.368 e. The first-order valence-electron chi connectivity index (χ1n) is 10.5. The van der Waals surface area contributed by atoms with E-state index in [1.807, 2.05) is 0 Å². The van der Waals surface area contributed by atoms with Gasteiger partial charge in [0.2, 0.25) is 0 Å². The van der Waals surface area contributed by atoms with Crippen LogP contribution in [0.25, 0.3) is 0 Å². The zero-order valence-electron chi connectivity index (χ0n) is 15.9. The summed E-state index contributed by atoms with van der Waals surface area (Å²) < 4.78 is 0. The first-order chi connectivity index (χ1) is 12.9. The fourth-order valence-corrected chi connectivity index (χ4v) is 4.58. The van der Waals surface area contributed by atoms with Crippen molar-refractivity contribution < 1.29 is 0 Å². The third kappa shape index (κ3) is 4.41. The van der Waals surface area contributed by atoms with Crippen molar-refractivity contribution in [2.45, 2.75) is 44.9 Å². The molecule has 0 bridgehead atoms. The van der Waals surface area contributed by atoms with Crippen LogP contribution in [-0.4, -0.2) is 26.2 Å². The molecule has 0 radical (unpaired) electrons. The summed E-state index contributed by atoms with van der Waals surface area (Å²) >= 11 is 0. The quantitative estimate of drug-likeness (QED) is 0.701. The Morgan fingerprint density at radius 1 is 0.654 bits per heavy atom. The Labute approximate surface area is 158 Å². The largest absolute Gasteiger partial charge is 0.368 e. The molecule has 1 saturated heterocycles. The molecule has 1 saturated carbocycles. The maximum atomic E-state index is 2.53. The number of para-hydroxylation sites is 1. The molecule has 0 unspecified atom stereocenters. The van der Waals surface area contributed by atoms with Gasteiger partial charge in [-0.3, -0.25) is 0 Å². The lowest BCUT2D eigenvalue weighted by molar-refractivity contribution is 0.339. The van der Waals surface area contributed by atoms with Crippen molar-refractivity contribution in [1.82, 2.24) is 0 Å². The van der Waals surface area contributed by atoms with Gasteiger partial charge in [-0.15, -0.1) is 0 Å². The van der Waals surface area contributed by atoms with Crippen LogP contribution in [0.1, 0.15) is 44.1 Å². The summed E-state index contributed by atoms with van der Waals surface area (Å²) in [6.07, 6.45) is 9.94. The predicted octanol–water partition coefficient (Wildman–Crippen LogP) is 5.53. The molecule has 2 heteroatoms. The molecule has 2 nitrogen and oxygen atoms in total. The lowest BCUT2D eigenvalue weighted by atomic mass is 9.85. The standard InChI is InChI=1S/C24H32N2/c1-3-7-21(8-4-1)11-12-22-13-15-24(16-14-22)26-19-17-25(18-20-26)23-9-5-2-6-10-23/h2,5-6,9-10,13-16,21H,1,3-4,7-8,11-12,17-20H2. The van der Waals surface area contributed by atoms with Crippen LogP contribution in [0.15, 0.2) is 54.6 Å². The molecule has 1 aliphatic carbocycles. The van der Waals surface area contributed by atoms with Crippen LogP contribution >= 0.6 is 0 Å². The second-order valence-electron chi connectivity index (χ2n) is 8.02. The van der Waals surface area contributed by atoms with E-state index >= 15 is 0 Å². The van der Waals surface area contributed by atoms with Crippen molar-refractivity contribution in [3.8, 4) is 0 Å². The highest BCUT2D eigenvalue weighted by Crippen LogP contribution is 2.28. The van der Waals surface area contributed by atoms with Crippen molar-refractivity contribution in [3.05, 3.63) is 60.2 Å². The summed E-state index contributed by atoms with van der Waals surface area (Å²) in [5.41, 5.74) is 4.26. The highest BCUT2D eigenvalue weighted by Gasteiger charge is 2.17. The van der Waals surface area contributed by atoms with E-state index < -0.39 is 0 Å². The molecule has 2 aromatic rings. The van der Waals surface area contributed by atoms with Crippen LogP contribution < -0.4 is 9.80 Å². The first kappa shape index (κ1) is 17.5. The minimum absolute atomic E-state index is 0.981. The van der Waals surface area contributed by atoms with Crippen molar-refractivity contribution in [3.63, 3.8) is 0 Å². The van der Waals surface area contributed by atoms with Crippen LogP contribution in [-0.2, 0) is 6.42 Å². The monoisotopic (exact) mass is 348 g/mol. The fourth-order valence-electron chi connectivity index (χ4n) is 4.58.